The summed E-state index contributed by atoms with van der Waals surface area (Å²) in [5, 5.41) is 4.35. The molecule has 104 valence electrons. The third-order valence-corrected chi connectivity index (χ3v) is 4.54. The number of nitrogens with one attached hydrogen (secondary N) is 1. The monoisotopic (exact) mass is 301 g/mol. The van der Waals surface area contributed by atoms with Crippen LogP contribution in [-0.2, 0) is 9.53 Å². The molecule has 0 amide bonds. The third kappa shape index (κ3) is 3.04. The first-order chi connectivity index (χ1) is 9.04. The fourth-order valence-electron chi connectivity index (χ4n) is 2.62. The molecule has 5 heteroatoms. The van der Waals surface area contributed by atoms with Crippen LogP contribution in [0.25, 0.3) is 0 Å². The Labute approximate surface area is 123 Å². The molecule has 1 aliphatic rings. The molecule has 1 aromatic rings. The average Bonchev–Trinajstić information content (AvgIpc) is 2.43. The normalized spacial score (nSPS) is 23.2. The van der Waals surface area contributed by atoms with Crippen molar-refractivity contribution in [3.05, 3.63) is 33.3 Å². The summed E-state index contributed by atoms with van der Waals surface area (Å²) in [7, 11) is 1.42. The highest BCUT2D eigenvalue weighted by Crippen LogP contribution is 2.36. The maximum Gasteiger partial charge on any atom is 0.310 e. The highest BCUT2D eigenvalue weighted by atomic mass is 35.5. The highest BCUT2D eigenvalue weighted by molar-refractivity contribution is 6.42. The van der Waals surface area contributed by atoms with Crippen molar-refractivity contribution in [3.8, 4) is 0 Å². The van der Waals surface area contributed by atoms with Crippen LogP contribution in [0.15, 0.2) is 12.1 Å². The van der Waals surface area contributed by atoms with Crippen LogP contribution in [0, 0.1) is 12.8 Å². The number of carbonyl (C=O) groups is 1. The molecule has 0 spiro atoms. The maximum absolute atomic E-state index is 11.9. The minimum Gasteiger partial charge on any atom is -0.469 e. The Morgan fingerprint density at radius 3 is 2.79 bits per heavy atom. The second kappa shape index (κ2) is 6.12. The highest BCUT2D eigenvalue weighted by Gasteiger charge is 2.33. The number of methoxy groups -OCH3 is 1. The molecule has 3 nitrogen and oxygen atoms in total. The number of benzene rings is 1. The number of hydrogen-bond donors (Lipinski definition) is 1. The van der Waals surface area contributed by atoms with Gasteiger partial charge in [0.1, 0.15) is 0 Å². The van der Waals surface area contributed by atoms with E-state index < -0.39 is 0 Å². The summed E-state index contributed by atoms with van der Waals surface area (Å²) in [6, 6.07) is 3.88. The first-order valence-electron chi connectivity index (χ1n) is 6.28. The summed E-state index contributed by atoms with van der Waals surface area (Å²) < 4.78 is 4.89. The third-order valence-electron chi connectivity index (χ3n) is 3.65. The standard InChI is InChI=1S/C14H17Cl2NO2/c1-8-5-9(6-12(15)13(8)16)10-3-4-17-7-11(10)14(18)19-2/h5-6,10-11,17H,3-4,7H2,1-2H3. The molecule has 0 aromatic heterocycles. The largest absolute Gasteiger partial charge is 0.469 e. The number of ether oxygens (including phenoxy) is 1. The van der Waals surface area contributed by atoms with Crippen molar-refractivity contribution in [1.29, 1.82) is 0 Å². The van der Waals surface area contributed by atoms with E-state index in [4.69, 9.17) is 27.9 Å². The second-order valence-corrected chi connectivity index (χ2v) is 5.65. The molecule has 1 aliphatic heterocycles. The quantitative estimate of drug-likeness (QED) is 0.853. The Kier molecular flexibility index (Phi) is 4.71. The summed E-state index contributed by atoms with van der Waals surface area (Å²) in [5.74, 6) is -0.224. The van der Waals surface area contributed by atoms with E-state index in [1.54, 1.807) is 0 Å². The van der Waals surface area contributed by atoms with Crippen LogP contribution in [0.5, 0.6) is 0 Å². The molecule has 0 aliphatic carbocycles. The predicted molar refractivity (Wildman–Crippen MR) is 76.9 cm³/mol. The summed E-state index contributed by atoms with van der Waals surface area (Å²) in [5.41, 5.74) is 2.00. The van der Waals surface area contributed by atoms with Gasteiger partial charge in [-0.3, -0.25) is 4.79 Å². The number of halogens is 2. The lowest BCUT2D eigenvalue weighted by atomic mass is 9.81. The van der Waals surface area contributed by atoms with Gasteiger partial charge in [0.25, 0.3) is 0 Å². The Balaban J connectivity index is 2.35. The van der Waals surface area contributed by atoms with E-state index in [9.17, 15) is 4.79 Å². The van der Waals surface area contributed by atoms with Gasteiger partial charge in [0.05, 0.1) is 23.1 Å². The number of aryl methyl sites for hydroxylation is 1. The molecule has 2 rings (SSSR count). The van der Waals surface area contributed by atoms with Gasteiger partial charge in [-0.05, 0) is 43.0 Å². The van der Waals surface area contributed by atoms with E-state index in [1.807, 2.05) is 19.1 Å². The number of esters is 1. The zero-order valence-electron chi connectivity index (χ0n) is 11.0. The molecule has 1 N–H and O–H groups in total. The predicted octanol–water partition coefficient (Wildman–Crippen LogP) is 3.17. The van der Waals surface area contributed by atoms with Crippen LogP contribution in [0.3, 0.4) is 0 Å². The minimum absolute atomic E-state index is 0.127. The smallest absolute Gasteiger partial charge is 0.310 e. The van der Waals surface area contributed by atoms with Gasteiger partial charge in [0.2, 0.25) is 0 Å². The van der Waals surface area contributed by atoms with Crippen molar-refractivity contribution in [2.75, 3.05) is 20.2 Å². The van der Waals surface area contributed by atoms with Crippen LogP contribution >= 0.6 is 23.2 Å². The molecule has 1 heterocycles. The molecule has 2 unspecified atom stereocenters. The fourth-order valence-corrected chi connectivity index (χ4v) is 3.01. The Bertz CT molecular complexity index is 467. The summed E-state index contributed by atoms with van der Waals surface area (Å²) >= 11 is 12.2. The van der Waals surface area contributed by atoms with E-state index in [0.29, 0.717) is 16.6 Å². The molecular formula is C14H17Cl2NO2. The first kappa shape index (κ1) is 14.6. The van der Waals surface area contributed by atoms with Gasteiger partial charge in [-0.1, -0.05) is 29.3 Å². The molecular weight excluding hydrogens is 285 g/mol. The van der Waals surface area contributed by atoms with Crippen molar-refractivity contribution >= 4 is 29.2 Å². The lowest BCUT2D eigenvalue weighted by Crippen LogP contribution is -2.40. The fraction of sp³-hybridized carbons (Fsp3) is 0.500. The van der Waals surface area contributed by atoms with Crippen molar-refractivity contribution in [2.24, 2.45) is 5.92 Å². The molecule has 0 radical (unpaired) electrons. The second-order valence-electron chi connectivity index (χ2n) is 4.86. The van der Waals surface area contributed by atoms with Gasteiger partial charge >= 0.3 is 5.97 Å². The summed E-state index contributed by atoms with van der Waals surface area (Å²) in [6.07, 6.45) is 0.886. The lowest BCUT2D eigenvalue weighted by Gasteiger charge is -2.31. The zero-order valence-corrected chi connectivity index (χ0v) is 12.5. The number of carbonyl (C=O) groups excluding carboxylic acids is 1. The minimum atomic E-state index is -0.180. The zero-order chi connectivity index (χ0) is 14.0. The van der Waals surface area contributed by atoms with Gasteiger partial charge in [0.15, 0.2) is 0 Å². The lowest BCUT2D eigenvalue weighted by molar-refractivity contribution is -0.146. The Morgan fingerprint density at radius 2 is 2.16 bits per heavy atom. The van der Waals surface area contributed by atoms with E-state index >= 15 is 0 Å². The number of piperidine rings is 1. The summed E-state index contributed by atoms with van der Waals surface area (Å²) in [6.45, 7) is 3.44. The van der Waals surface area contributed by atoms with Crippen molar-refractivity contribution in [1.82, 2.24) is 5.32 Å². The Hall–Kier alpha value is -0.770. The van der Waals surface area contributed by atoms with Gasteiger partial charge in [-0.25, -0.2) is 0 Å². The molecule has 0 bridgehead atoms. The van der Waals surface area contributed by atoms with Gasteiger partial charge in [0, 0.05) is 6.54 Å². The van der Waals surface area contributed by atoms with Gasteiger partial charge < -0.3 is 10.1 Å². The average molecular weight is 302 g/mol. The maximum atomic E-state index is 11.9. The molecule has 2 atom stereocenters. The van der Waals surface area contributed by atoms with Crippen molar-refractivity contribution in [3.63, 3.8) is 0 Å². The van der Waals surface area contributed by atoms with E-state index in [-0.39, 0.29) is 17.8 Å². The van der Waals surface area contributed by atoms with Gasteiger partial charge in [-0.2, -0.15) is 0 Å². The van der Waals surface area contributed by atoms with E-state index in [1.165, 1.54) is 7.11 Å². The van der Waals surface area contributed by atoms with E-state index in [2.05, 4.69) is 5.32 Å². The van der Waals surface area contributed by atoms with Crippen LogP contribution in [0.4, 0.5) is 0 Å². The van der Waals surface area contributed by atoms with Crippen molar-refractivity contribution < 1.29 is 9.53 Å². The van der Waals surface area contributed by atoms with Crippen LogP contribution in [-0.4, -0.2) is 26.2 Å². The number of hydrogen-bond acceptors (Lipinski definition) is 3. The van der Waals surface area contributed by atoms with Crippen LogP contribution in [0.2, 0.25) is 10.0 Å². The summed E-state index contributed by atoms with van der Waals surface area (Å²) in [4.78, 5) is 11.9. The molecule has 1 fully saturated rings. The molecule has 0 saturated carbocycles. The molecule has 19 heavy (non-hydrogen) atoms. The SMILES string of the molecule is COC(=O)C1CNCCC1c1cc(C)c(Cl)c(Cl)c1. The van der Waals surface area contributed by atoms with Gasteiger partial charge in [-0.15, -0.1) is 0 Å². The first-order valence-corrected chi connectivity index (χ1v) is 7.04. The topological polar surface area (TPSA) is 38.3 Å². The van der Waals surface area contributed by atoms with Crippen LogP contribution < -0.4 is 5.32 Å². The molecule has 1 saturated heterocycles. The molecule has 1 aromatic carbocycles. The Morgan fingerprint density at radius 1 is 1.42 bits per heavy atom. The van der Waals surface area contributed by atoms with Crippen LogP contribution in [0.1, 0.15) is 23.5 Å². The van der Waals surface area contributed by atoms with Crippen molar-refractivity contribution in [2.45, 2.75) is 19.3 Å². The number of rotatable bonds is 2. The van der Waals surface area contributed by atoms with E-state index in [0.717, 1.165) is 24.1 Å².